The number of carbonyl (C=O) groups excluding carboxylic acids is 1. The summed E-state index contributed by atoms with van der Waals surface area (Å²) in [5.74, 6) is -0.434. The average molecular weight is 353 g/mol. The van der Waals surface area contributed by atoms with Gasteiger partial charge >= 0.3 is 12.4 Å². The largest absolute Gasteiger partial charge is 0.522 e. The maximum atomic E-state index is 12.6. The van der Waals surface area contributed by atoms with Gasteiger partial charge in [-0.1, -0.05) is 0 Å². The first-order chi connectivity index (χ1) is 11.2. The van der Waals surface area contributed by atoms with Gasteiger partial charge < -0.3 is 10.2 Å². The Morgan fingerprint density at radius 2 is 2.17 bits per heavy atom. The van der Waals surface area contributed by atoms with Crippen LogP contribution in [0.4, 0.5) is 32.4 Å². The van der Waals surface area contributed by atoms with Crippen LogP contribution >= 0.6 is 0 Å². The van der Waals surface area contributed by atoms with Crippen LogP contribution in [0.5, 0.6) is 0 Å². The van der Waals surface area contributed by atoms with E-state index in [1.54, 1.807) is 0 Å². The number of nitrogens with zero attached hydrogens (tertiary/aromatic N) is 2. The van der Waals surface area contributed by atoms with Crippen LogP contribution in [0.1, 0.15) is 24.8 Å². The molecular weight excluding hydrogens is 337 g/mol. The Morgan fingerprint density at radius 3 is 2.83 bits per heavy atom. The van der Waals surface area contributed by atoms with Crippen LogP contribution in [0.3, 0.4) is 0 Å². The summed E-state index contributed by atoms with van der Waals surface area (Å²) < 4.78 is 65.2. The number of ether oxygens (including phenoxy) is 1. The first-order valence-corrected chi connectivity index (χ1v) is 7.24. The molecule has 0 radical (unpaired) electrons. The lowest BCUT2D eigenvalue weighted by molar-refractivity contribution is -0.329. The summed E-state index contributed by atoms with van der Waals surface area (Å²) >= 11 is 0. The van der Waals surface area contributed by atoms with Gasteiger partial charge in [0.1, 0.15) is 0 Å². The number of piperidine rings is 1. The summed E-state index contributed by atoms with van der Waals surface area (Å²) in [6.07, 6.45) is -4.15. The van der Waals surface area contributed by atoms with E-state index in [1.807, 2.05) is 0 Å². The smallest absolute Gasteiger partial charge is 0.324 e. The van der Waals surface area contributed by atoms with Crippen molar-refractivity contribution >= 4 is 11.7 Å². The zero-order valence-electron chi connectivity index (χ0n) is 12.5. The molecule has 1 atom stereocenters. The Bertz CT molecular complexity index is 568. The fourth-order valence-corrected chi connectivity index (χ4v) is 2.45. The number of anilines is 1. The van der Waals surface area contributed by atoms with E-state index in [0.29, 0.717) is 19.4 Å². The first kappa shape index (κ1) is 18.4. The summed E-state index contributed by atoms with van der Waals surface area (Å²) in [6, 6.07) is 0.531. The van der Waals surface area contributed by atoms with Crippen LogP contribution < -0.4 is 5.32 Å². The maximum Gasteiger partial charge on any atom is 0.522 e. The van der Waals surface area contributed by atoms with Crippen LogP contribution in [-0.2, 0) is 4.74 Å². The second-order valence-corrected chi connectivity index (χ2v) is 5.45. The van der Waals surface area contributed by atoms with E-state index in [4.69, 9.17) is 0 Å². The van der Waals surface area contributed by atoms with Gasteiger partial charge in [0, 0.05) is 30.8 Å². The van der Waals surface area contributed by atoms with Crippen molar-refractivity contribution in [2.24, 2.45) is 5.92 Å². The molecule has 1 fully saturated rings. The zero-order valence-corrected chi connectivity index (χ0v) is 12.5. The van der Waals surface area contributed by atoms with E-state index in [1.165, 1.54) is 11.1 Å². The molecule has 0 aromatic carbocycles. The number of hydrogen-bond donors (Lipinski definition) is 1. The minimum atomic E-state index is -4.70. The van der Waals surface area contributed by atoms with Gasteiger partial charge in [0.05, 0.1) is 18.5 Å². The lowest BCUT2D eigenvalue weighted by Crippen LogP contribution is -2.43. The molecule has 2 heterocycles. The molecular formula is C14H16F5N3O2. The standard InChI is InChI=1S/C14H16F5N3O2/c15-12(16)10-4-11(6-20-5-10)21-13(23)22-3-1-2-9(7-22)8-24-14(17,18)19/h4-6,9,12H,1-3,7-8H2,(H,21,23). The van der Waals surface area contributed by atoms with Crippen molar-refractivity contribution in [3.05, 3.63) is 24.0 Å². The Morgan fingerprint density at radius 1 is 1.42 bits per heavy atom. The Kier molecular flexibility index (Phi) is 5.92. The molecule has 1 N–H and O–H groups in total. The van der Waals surface area contributed by atoms with Crippen LogP contribution in [0.15, 0.2) is 18.5 Å². The lowest BCUT2D eigenvalue weighted by atomic mass is 9.99. The minimum absolute atomic E-state index is 0.101. The van der Waals surface area contributed by atoms with Gasteiger partial charge in [-0.2, -0.15) is 0 Å². The van der Waals surface area contributed by atoms with Crippen molar-refractivity contribution in [3.8, 4) is 0 Å². The molecule has 0 bridgehead atoms. The van der Waals surface area contributed by atoms with Crippen molar-refractivity contribution in [2.45, 2.75) is 25.6 Å². The van der Waals surface area contributed by atoms with Crippen molar-refractivity contribution < 1.29 is 31.5 Å². The van der Waals surface area contributed by atoms with Gasteiger partial charge in [-0.25, -0.2) is 13.6 Å². The number of likely N-dealkylation sites (tertiary alicyclic amines) is 1. The van der Waals surface area contributed by atoms with Gasteiger partial charge in [-0.3, -0.25) is 9.72 Å². The second kappa shape index (κ2) is 7.73. The van der Waals surface area contributed by atoms with Crippen molar-refractivity contribution in [3.63, 3.8) is 0 Å². The molecule has 0 spiro atoms. The molecule has 24 heavy (non-hydrogen) atoms. The van der Waals surface area contributed by atoms with E-state index >= 15 is 0 Å². The fraction of sp³-hybridized carbons (Fsp3) is 0.571. The number of urea groups is 1. The van der Waals surface area contributed by atoms with Crippen molar-refractivity contribution in [1.29, 1.82) is 0 Å². The molecule has 1 aliphatic heterocycles. The topological polar surface area (TPSA) is 54.5 Å². The van der Waals surface area contributed by atoms with Crippen LogP contribution in [0.25, 0.3) is 0 Å². The molecule has 2 amide bonds. The number of carbonyl (C=O) groups is 1. The van der Waals surface area contributed by atoms with E-state index in [2.05, 4.69) is 15.0 Å². The Balaban J connectivity index is 1.91. The molecule has 1 aromatic heterocycles. The molecule has 1 unspecified atom stereocenters. The highest BCUT2D eigenvalue weighted by molar-refractivity contribution is 5.89. The third kappa shape index (κ3) is 5.59. The molecule has 2 rings (SSSR count). The van der Waals surface area contributed by atoms with E-state index in [-0.39, 0.29) is 17.8 Å². The first-order valence-electron chi connectivity index (χ1n) is 7.24. The fourth-order valence-electron chi connectivity index (χ4n) is 2.45. The molecule has 1 saturated heterocycles. The summed E-state index contributed by atoms with van der Waals surface area (Å²) in [7, 11) is 0. The van der Waals surface area contributed by atoms with Crippen molar-refractivity contribution in [2.75, 3.05) is 25.0 Å². The van der Waals surface area contributed by atoms with Gasteiger partial charge in [0.25, 0.3) is 6.43 Å². The molecule has 1 aliphatic rings. The van der Waals surface area contributed by atoms with Crippen LogP contribution in [0, 0.1) is 5.92 Å². The molecule has 5 nitrogen and oxygen atoms in total. The number of nitrogens with one attached hydrogen (secondary N) is 1. The van der Waals surface area contributed by atoms with Crippen LogP contribution in [-0.4, -0.2) is 42.0 Å². The maximum absolute atomic E-state index is 12.6. The molecule has 134 valence electrons. The Hall–Kier alpha value is -1.97. The van der Waals surface area contributed by atoms with Crippen LogP contribution in [0.2, 0.25) is 0 Å². The average Bonchev–Trinajstić information content (AvgIpc) is 2.53. The lowest BCUT2D eigenvalue weighted by Gasteiger charge is -2.32. The summed E-state index contributed by atoms with van der Waals surface area (Å²) in [4.78, 5) is 17.1. The number of amides is 2. The normalized spacial score (nSPS) is 18.8. The van der Waals surface area contributed by atoms with Gasteiger partial charge in [-0.05, 0) is 18.9 Å². The molecule has 10 heteroatoms. The Labute approximate surface area is 134 Å². The number of hydrogen-bond acceptors (Lipinski definition) is 3. The minimum Gasteiger partial charge on any atom is -0.324 e. The quantitative estimate of drug-likeness (QED) is 0.838. The SMILES string of the molecule is O=C(Nc1cncc(C(F)F)c1)N1CCCC(COC(F)(F)F)C1. The number of aromatic nitrogens is 1. The van der Waals surface area contributed by atoms with Gasteiger partial charge in [-0.15, -0.1) is 13.2 Å². The predicted octanol–water partition coefficient (Wildman–Crippen LogP) is 3.80. The van der Waals surface area contributed by atoms with Crippen molar-refractivity contribution in [1.82, 2.24) is 9.88 Å². The summed E-state index contributed by atoms with van der Waals surface area (Å²) in [6.45, 7) is -0.0457. The number of rotatable bonds is 4. The van der Waals surface area contributed by atoms with Gasteiger partial charge in [0.2, 0.25) is 0 Å². The summed E-state index contributed by atoms with van der Waals surface area (Å²) in [5, 5.41) is 2.43. The number of halogens is 5. The van der Waals surface area contributed by atoms with E-state index in [0.717, 1.165) is 12.3 Å². The zero-order chi connectivity index (χ0) is 17.7. The highest BCUT2D eigenvalue weighted by Crippen LogP contribution is 2.24. The monoisotopic (exact) mass is 353 g/mol. The number of alkyl halides is 5. The predicted molar refractivity (Wildman–Crippen MR) is 74.5 cm³/mol. The third-order valence-corrected chi connectivity index (χ3v) is 3.55. The highest BCUT2D eigenvalue weighted by Gasteiger charge is 2.32. The molecule has 0 saturated carbocycles. The number of pyridine rings is 1. The third-order valence-electron chi connectivity index (χ3n) is 3.55. The van der Waals surface area contributed by atoms with Gasteiger partial charge in [0.15, 0.2) is 0 Å². The van der Waals surface area contributed by atoms with E-state index in [9.17, 15) is 26.7 Å². The highest BCUT2D eigenvalue weighted by atomic mass is 19.4. The molecule has 0 aliphatic carbocycles. The van der Waals surface area contributed by atoms with E-state index < -0.39 is 31.3 Å². The second-order valence-electron chi connectivity index (χ2n) is 5.45. The summed E-state index contributed by atoms with van der Waals surface area (Å²) in [5.41, 5.74) is -0.227. The molecule has 1 aromatic rings.